The Kier molecular flexibility index (Phi) is 6.82. The van der Waals surface area contributed by atoms with Crippen LogP contribution in [0.4, 0.5) is 4.79 Å². The Morgan fingerprint density at radius 2 is 1.90 bits per heavy atom. The Morgan fingerprint density at radius 1 is 1.30 bits per heavy atom. The van der Waals surface area contributed by atoms with Crippen molar-refractivity contribution in [2.75, 3.05) is 20.1 Å². The minimum Gasteiger partial charge on any atom is -0.481 e. The summed E-state index contributed by atoms with van der Waals surface area (Å²) >= 11 is 0. The van der Waals surface area contributed by atoms with Gasteiger partial charge in [0.25, 0.3) is 0 Å². The Labute approximate surface area is 121 Å². The fraction of sp³-hybridized carbons (Fsp3) is 0.867. The maximum Gasteiger partial charge on any atom is 0.317 e. The van der Waals surface area contributed by atoms with Crippen LogP contribution in [0.15, 0.2) is 0 Å². The quantitative estimate of drug-likeness (QED) is 0.755. The second-order valence-corrected chi connectivity index (χ2v) is 6.38. The molecule has 5 heteroatoms. The predicted molar refractivity (Wildman–Crippen MR) is 78.6 cm³/mol. The zero-order valence-corrected chi connectivity index (χ0v) is 12.9. The molecule has 1 atom stereocenters. The van der Waals surface area contributed by atoms with E-state index in [0.717, 1.165) is 6.54 Å². The maximum atomic E-state index is 12.0. The molecule has 5 nitrogen and oxygen atoms in total. The Bertz CT molecular complexity index is 325. The van der Waals surface area contributed by atoms with Gasteiger partial charge in [0, 0.05) is 20.1 Å². The van der Waals surface area contributed by atoms with E-state index in [1.165, 1.54) is 25.7 Å². The summed E-state index contributed by atoms with van der Waals surface area (Å²) < 4.78 is 0. The lowest BCUT2D eigenvalue weighted by Crippen LogP contribution is -2.42. The number of urea groups is 1. The third kappa shape index (κ3) is 5.80. The van der Waals surface area contributed by atoms with E-state index in [2.05, 4.69) is 5.32 Å². The number of nitrogens with one attached hydrogen (secondary N) is 1. The highest BCUT2D eigenvalue weighted by atomic mass is 16.4. The Hall–Kier alpha value is -1.26. The van der Waals surface area contributed by atoms with E-state index in [-0.39, 0.29) is 12.6 Å². The molecular formula is C15H28N2O3. The van der Waals surface area contributed by atoms with E-state index in [1.807, 2.05) is 13.8 Å². The largest absolute Gasteiger partial charge is 0.481 e. The molecule has 0 spiro atoms. The molecule has 0 aromatic rings. The maximum absolute atomic E-state index is 12.0. The highest BCUT2D eigenvalue weighted by Gasteiger charge is 2.22. The zero-order valence-electron chi connectivity index (χ0n) is 12.9. The van der Waals surface area contributed by atoms with Gasteiger partial charge in [0.05, 0.1) is 5.92 Å². The van der Waals surface area contributed by atoms with Gasteiger partial charge in [0.2, 0.25) is 0 Å². The summed E-state index contributed by atoms with van der Waals surface area (Å²) in [6, 6.07) is -0.160. The molecular weight excluding hydrogens is 256 g/mol. The van der Waals surface area contributed by atoms with Crippen LogP contribution < -0.4 is 5.32 Å². The lowest BCUT2D eigenvalue weighted by Gasteiger charge is -2.23. The van der Waals surface area contributed by atoms with E-state index < -0.39 is 11.9 Å². The molecule has 0 bridgehead atoms. The SMILES string of the molecule is CC(C)CC(CNC(=O)N(C)CC1CCCC1)C(=O)O. The molecule has 0 saturated heterocycles. The van der Waals surface area contributed by atoms with E-state index in [9.17, 15) is 9.59 Å². The van der Waals surface area contributed by atoms with Crippen LogP contribution in [0.2, 0.25) is 0 Å². The van der Waals surface area contributed by atoms with Gasteiger partial charge in [0.1, 0.15) is 0 Å². The lowest BCUT2D eigenvalue weighted by atomic mass is 9.97. The van der Waals surface area contributed by atoms with Gasteiger partial charge in [0.15, 0.2) is 0 Å². The molecule has 2 N–H and O–H groups in total. The number of carboxylic acid groups (broad SMARTS) is 1. The van der Waals surface area contributed by atoms with E-state index in [4.69, 9.17) is 5.11 Å². The molecule has 0 heterocycles. The number of hydrogen-bond donors (Lipinski definition) is 2. The first-order chi connectivity index (χ1) is 9.40. The molecule has 1 aliphatic rings. The number of carbonyl (C=O) groups is 2. The fourth-order valence-electron chi connectivity index (χ4n) is 2.85. The third-order valence-corrected chi connectivity index (χ3v) is 3.96. The molecule has 1 unspecified atom stereocenters. The van der Waals surface area contributed by atoms with Crippen LogP contribution in [0.3, 0.4) is 0 Å². The van der Waals surface area contributed by atoms with Crippen molar-refractivity contribution >= 4 is 12.0 Å². The second kappa shape index (κ2) is 8.12. The lowest BCUT2D eigenvalue weighted by molar-refractivity contribution is -0.142. The number of aliphatic carboxylic acids is 1. The summed E-state index contributed by atoms with van der Waals surface area (Å²) in [5.41, 5.74) is 0. The molecule has 0 aromatic carbocycles. The molecule has 1 rings (SSSR count). The molecule has 0 radical (unpaired) electrons. The summed E-state index contributed by atoms with van der Waals surface area (Å²) in [7, 11) is 1.78. The molecule has 116 valence electrons. The predicted octanol–water partition coefficient (Wildman–Crippen LogP) is 2.56. The van der Waals surface area contributed by atoms with Gasteiger partial charge < -0.3 is 15.3 Å². The van der Waals surface area contributed by atoms with Crippen molar-refractivity contribution in [3.8, 4) is 0 Å². The monoisotopic (exact) mass is 284 g/mol. The third-order valence-electron chi connectivity index (χ3n) is 3.96. The summed E-state index contributed by atoms with van der Waals surface area (Å²) in [5.74, 6) is -0.419. The van der Waals surface area contributed by atoms with E-state index >= 15 is 0 Å². The first-order valence-electron chi connectivity index (χ1n) is 7.62. The summed E-state index contributed by atoms with van der Waals surface area (Å²) in [4.78, 5) is 24.8. The molecule has 2 amide bonds. The molecule has 1 aliphatic carbocycles. The summed E-state index contributed by atoms with van der Waals surface area (Å²) in [6.07, 6.45) is 5.50. The van der Waals surface area contributed by atoms with Gasteiger partial charge in [-0.05, 0) is 31.1 Å². The highest BCUT2D eigenvalue weighted by Crippen LogP contribution is 2.25. The molecule has 1 fully saturated rings. The zero-order chi connectivity index (χ0) is 15.1. The first kappa shape index (κ1) is 16.8. The van der Waals surface area contributed by atoms with Crippen molar-refractivity contribution < 1.29 is 14.7 Å². The molecule has 1 saturated carbocycles. The Balaban J connectivity index is 2.33. The minimum absolute atomic E-state index is 0.160. The van der Waals surface area contributed by atoms with Crippen LogP contribution in [0.25, 0.3) is 0 Å². The standard InChI is InChI=1S/C15H28N2O3/c1-11(2)8-13(14(18)19)9-16-15(20)17(3)10-12-6-4-5-7-12/h11-13H,4-10H2,1-3H3,(H,16,20)(H,18,19). The highest BCUT2D eigenvalue weighted by molar-refractivity contribution is 5.75. The average molecular weight is 284 g/mol. The van der Waals surface area contributed by atoms with Gasteiger partial charge in [-0.15, -0.1) is 0 Å². The van der Waals surface area contributed by atoms with Crippen molar-refractivity contribution in [1.82, 2.24) is 10.2 Å². The van der Waals surface area contributed by atoms with Crippen molar-refractivity contribution in [3.05, 3.63) is 0 Å². The van der Waals surface area contributed by atoms with Crippen LogP contribution in [0.5, 0.6) is 0 Å². The topological polar surface area (TPSA) is 69.6 Å². The van der Waals surface area contributed by atoms with Crippen molar-refractivity contribution in [2.24, 2.45) is 17.8 Å². The second-order valence-electron chi connectivity index (χ2n) is 6.38. The van der Waals surface area contributed by atoms with Crippen LogP contribution in [0, 0.1) is 17.8 Å². The van der Waals surface area contributed by atoms with Crippen LogP contribution in [0.1, 0.15) is 46.0 Å². The van der Waals surface area contributed by atoms with Crippen LogP contribution in [-0.2, 0) is 4.79 Å². The molecule has 0 aliphatic heterocycles. The number of nitrogens with zero attached hydrogens (tertiary/aromatic N) is 1. The van der Waals surface area contributed by atoms with Gasteiger partial charge in [-0.3, -0.25) is 4.79 Å². The fourth-order valence-corrected chi connectivity index (χ4v) is 2.85. The smallest absolute Gasteiger partial charge is 0.317 e. The van der Waals surface area contributed by atoms with E-state index in [1.54, 1.807) is 11.9 Å². The van der Waals surface area contributed by atoms with Crippen molar-refractivity contribution in [2.45, 2.75) is 46.0 Å². The summed E-state index contributed by atoms with van der Waals surface area (Å²) in [5, 5.41) is 11.9. The number of hydrogen-bond acceptors (Lipinski definition) is 2. The van der Waals surface area contributed by atoms with Gasteiger partial charge in [-0.1, -0.05) is 26.7 Å². The van der Waals surface area contributed by atoms with Gasteiger partial charge in [-0.25, -0.2) is 4.79 Å². The molecule has 0 aromatic heterocycles. The number of amides is 2. The number of carboxylic acids is 1. The van der Waals surface area contributed by atoms with Gasteiger partial charge >= 0.3 is 12.0 Å². The van der Waals surface area contributed by atoms with Crippen LogP contribution in [-0.4, -0.2) is 42.1 Å². The van der Waals surface area contributed by atoms with Crippen molar-refractivity contribution in [1.29, 1.82) is 0 Å². The van der Waals surface area contributed by atoms with E-state index in [0.29, 0.717) is 18.3 Å². The Morgan fingerprint density at radius 3 is 2.40 bits per heavy atom. The molecule has 20 heavy (non-hydrogen) atoms. The van der Waals surface area contributed by atoms with Crippen LogP contribution >= 0.6 is 0 Å². The normalized spacial score (nSPS) is 17.2. The summed E-state index contributed by atoms with van der Waals surface area (Å²) in [6.45, 7) is 4.96. The van der Waals surface area contributed by atoms with Crippen molar-refractivity contribution in [3.63, 3.8) is 0 Å². The van der Waals surface area contributed by atoms with Gasteiger partial charge in [-0.2, -0.15) is 0 Å². The number of carbonyl (C=O) groups excluding carboxylic acids is 1. The number of rotatable bonds is 7. The average Bonchev–Trinajstić information content (AvgIpc) is 2.85. The first-order valence-corrected chi connectivity index (χ1v) is 7.62. The minimum atomic E-state index is -0.836.